The number of H-pyrrole nitrogens is 1. The fraction of sp³-hybridized carbons (Fsp3) is 0.238. The topological polar surface area (TPSA) is 78.4 Å². The van der Waals surface area contributed by atoms with Crippen molar-refractivity contribution < 1.29 is 14.6 Å². The minimum Gasteiger partial charge on any atom is -0.508 e. The number of methoxy groups -OCH3 is 1. The highest BCUT2D eigenvalue weighted by atomic mass is 16.5. The minimum atomic E-state index is -0.103. The minimum absolute atomic E-state index is 0.103. The van der Waals surface area contributed by atoms with Crippen LogP contribution in [-0.4, -0.2) is 46.1 Å². The Hall–Kier alpha value is -3.28. The smallest absolute Gasteiger partial charge is 0.289 e. The fourth-order valence-corrected chi connectivity index (χ4v) is 3.33. The van der Waals surface area contributed by atoms with Crippen LogP contribution >= 0.6 is 0 Å². The maximum atomic E-state index is 12.7. The molecule has 2 aromatic carbocycles. The van der Waals surface area contributed by atoms with E-state index in [0.717, 1.165) is 24.2 Å². The molecular weight excluding hydrogens is 342 g/mol. The van der Waals surface area contributed by atoms with Gasteiger partial charge in [0.15, 0.2) is 5.82 Å². The molecule has 0 atom stereocenters. The number of carbonyl (C=O) groups is 1. The van der Waals surface area contributed by atoms with Crippen molar-refractivity contribution in [2.75, 3.05) is 20.2 Å². The summed E-state index contributed by atoms with van der Waals surface area (Å²) in [5, 5.41) is 9.55. The van der Waals surface area contributed by atoms with E-state index in [1.54, 1.807) is 25.3 Å². The van der Waals surface area contributed by atoms with Crippen molar-refractivity contribution in [1.82, 2.24) is 14.9 Å². The van der Waals surface area contributed by atoms with Gasteiger partial charge in [-0.2, -0.15) is 0 Å². The summed E-state index contributed by atoms with van der Waals surface area (Å²) in [6, 6.07) is 12.8. The molecule has 1 amide bonds. The van der Waals surface area contributed by atoms with Crippen molar-refractivity contribution in [1.29, 1.82) is 0 Å². The number of amides is 1. The van der Waals surface area contributed by atoms with Crippen molar-refractivity contribution in [3.8, 4) is 11.5 Å². The molecule has 2 heterocycles. The summed E-state index contributed by atoms with van der Waals surface area (Å²) >= 11 is 0. The summed E-state index contributed by atoms with van der Waals surface area (Å²) in [4.78, 5) is 21.9. The molecule has 6 heteroatoms. The number of fused-ring (bicyclic) bond motifs is 1. The Kier molecular flexibility index (Phi) is 4.54. The fourth-order valence-electron chi connectivity index (χ4n) is 3.33. The van der Waals surface area contributed by atoms with Crippen LogP contribution in [0.15, 0.2) is 48.0 Å². The molecular formula is C21H21N3O3. The highest BCUT2D eigenvalue weighted by Crippen LogP contribution is 2.23. The molecule has 6 nitrogen and oxygen atoms in total. The van der Waals surface area contributed by atoms with E-state index in [9.17, 15) is 9.90 Å². The van der Waals surface area contributed by atoms with Gasteiger partial charge in [-0.3, -0.25) is 4.79 Å². The largest absolute Gasteiger partial charge is 0.508 e. The zero-order valence-corrected chi connectivity index (χ0v) is 15.1. The first-order valence-electron chi connectivity index (χ1n) is 8.94. The summed E-state index contributed by atoms with van der Waals surface area (Å²) in [5.41, 5.74) is 3.81. The standard InChI is InChI=1S/C21H21N3O3/c1-27-17-5-2-14(3-6-17)12-15-8-10-24(11-9-15)21(26)20-22-18-7-4-16(25)13-19(18)23-20/h2-7,12-13,25H,8-11H2,1H3,(H,22,23). The molecule has 1 aromatic heterocycles. The number of aromatic amines is 1. The maximum absolute atomic E-state index is 12.7. The van der Waals surface area contributed by atoms with Crippen LogP contribution in [0.25, 0.3) is 17.1 Å². The van der Waals surface area contributed by atoms with E-state index in [1.165, 1.54) is 5.57 Å². The number of carbonyl (C=O) groups excluding carboxylic acids is 1. The zero-order chi connectivity index (χ0) is 18.8. The molecule has 3 aromatic rings. The second-order valence-corrected chi connectivity index (χ2v) is 6.65. The van der Waals surface area contributed by atoms with Gasteiger partial charge >= 0.3 is 0 Å². The van der Waals surface area contributed by atoms with Crippen LogP contribution in [0.2, 0.25) is 0 Å². The lowest BCUT2D eigenvalue weighted by Gasteiger charge is -2.27. The van der Waals surface area contributed by atoms with E-state index in [1.807, 2.05) is 29.2 Å². The van der Waals surface area contributed by atoms with Crippen LogP contribution in [0.3, 0.4) is 0 Å². The first-order valence-corrected chi connectivity index (χ1v) is 8.94. The number of rotatable bonds is 3. The van der Waals surface area contributed by atoms with Crippen LogP contribution in [0.5, 0.6) is 11.5 Å². The lowest BCUT2D eigenvalue weighted by Crippen LogP contribution is -2.36. The average Bonchev–Trinajstić information content (AvgIpc) is 3.12. The quantitative estimate of drug-likeness (QED) is 0.745. The van der Waals surface area contributed by atoms with Crippen molar-refractivity contribution >= 4 is 23.0 Å². The number of hydrogen-bond donors (Lipinski definition) is 2. The van der Waals surface area contributed by atoms with E-state index in [4.69, 9.17) is 4.74 Å². The monoisotopic (exact) mass is 363 g/mol. The third-order valence-corrected chi connectivity index (χ3v) is 4.85. The molecule has 4 rings (SSSR count). The van der Waals surface area contributed by atoms with Crippen LogP contribution in [0.1, 0.15) is 29.0 Å². The second-order valence-electron chi connectivity index (χ2n) is 6.65. The van der Waals surface area contributed by atoms with Crippen molar-refractivity contribution in [3.63, 3.8) is 0 Å². The Morgan fingerprint density at radius 1 is 1.19 bits per heavy atom. The Morgan fingerprint density at radius 2 is 1.93 bits per heavy atom. The molecule has 1 fully saturated rings. The zero-order valence-electron chi connectivity index (χ0n) is 15.1. The summed E-state index contributed by atoms with van der Waals surface area (Å²) < 4.78 is 5.18. The van der Waals surface area contributed by atoms with Gasteiger partial charge in [-0.15, -0.1) is 0 Å². The number of ether oxygens (including phenoxy) is 1. The Balaban J connectivity index is 1.43. The third-order valence-electron chi connectivity index (χ3n) is 4.85. The number of imidazole rings is 1. The van der Waals surface area contributed by atoms with Crippen molar-refractivity contribution in [3.05, 3.63) is 59.4 Å². The van der Waals surface area contributed by atoms with Crippen molar-refractivity contribution in [2.24, 2.45) is 0 Å². The maximum Gasteiger partial charge on any atom is 0.289 e. The van der Waals surface area contributed by atoms with Crippen LogP contribution in [0.4, 0.5) is 0 Å². The van der Waals surface area contributed by atoms with Crippen molar-refractivity contribution in [2.45, 2.75) is 12.8 Å². The molecule has 0 radical (unpaired) electrons. The summed E-state index contributed by atoms with van der Waals surface area (Å²) in [6.07, 6.45) is 3.88. The second kappa shape index (κ2) is 7.15. The number of hydrogen-bond acceptors (Lipinski definition) is 4. The van der Waals surface area contributed by atoms with Gasteiger partial charge in [0.25, 0.3) is 5.91 Å². The van der Waals surface area contributed by atoms with Crippen LogP contribution in [0, 0.1) is 0 Å². The van der Waals surface area contributed by atoms with Gasteiger partial charge < -0.3 is 19.7 Å². The van der Waals surface area contributed by atoms with E-state index in [2.05, 4.69) is 16.0 Å². The van der Waals surface area contributed by atoms with Gasteiger partial charge in [-0.25, -0.2) is 4.98 Å². The number of nitrogens with zero attached hydrogens (tertiary/aromatic N) is 2. The van der Waals surface area contributed by atoms with E-state index in [0.29, 0.717) is 29.9 Å². The number of piperidine rings is 1. The van der Waals surface area contributed by atoms with Gasteiger partial charge in [0.05, 0.1) is 18.1 Å². The molecule has 1 saturated heterocycles. The lowest BCUT2D eigenvalue weighted by atomic mass is 10.0. The first kappa shape index (κ1) is 17.1. The predicted octanol–water partition coefficient (Wildman–Crippen LogP) is 3.60. The summed E-state index contributed by atoms with van der Waals surface area (Å²) in [6.45, 7) is 1.34. The molecule has 0 bridgehead atoms. The molecule has 27 heavy (non-hydrogen) atoms. The molecule has 0 aliphatic carbocycles. The number of benzene rings is 2. The van der Waals surface area contributed by atoms with Crippen LogP contribution < -0.4 is 4.74 Å². The molecule has 1 aliphatic rings. The molecule has 0 saturated carbocycles. The predicted molar refractivity (Wildman–Crippen MR) is 104 cm³/mol. The van der Waals surface area contributed by atoms with Gasteiger partial charge in [0.1, 0.15) is 11.5 Å². The molecule has 2 N–H and O–H groups in total. The van der Waals surface area contributed by atoms with Gasteiger partial charge in [-0.1, -0.05) is 23.8 Å². The van der Waals surface area contributed by atoms with Gasteiger partial charge in [0, 0.05) is 19.2 Å². The number of aromatic hydroxyl groups is 1. The van der Waals surface area contributed by atoms with E-state index < -0.39 is 0 Å². The number of phenols is 1. The summed E-state index contributed by atoms with van der Waals surface area (Å²) in [5.74, 6) is 1.21. The Bertz CT molecular complexity index is 995. The Morgan fingerprint density at radius 3 is 2.63 bits per heavy atom. The molecule has 0 unspecified atom stereocenters. The normalized spacial score (nSPS) is 14.4. The number of likely N-dealkylation sites (tertiary alicyclic amines) is 1. The molecule has 0 spiro atoms. The molecule has 138 valence electrons. The van der Waals surface area contributed by atoms with Crippen LogP contribution in [-0.2, 0) is 0 Å². The number of nitrogens with one attached hydrogen (secondary N) is 1. The van der Waals surface area contributed by atoms with Gasteiger partial charge in [0.2, 0.25) is 0 Å². The van der Waals surface area contributed by atoms with Gasteiger partial charge in [-0.05, 0) is 42.7 Å². The highest BCUT2D eigenvalue weighted by molar-refractivity contribution is 5.94. The average molecular weight is 363 g/mol. The number of phenolic OH excluding ortho intramolecular Hbond substituents is 1. The summed E-state index contributed by atoms with van der Waals surface area (Å²) in [7, 11) is 1.66. The lowest BCUT2D eigenvalue weighted by molar-refractivity contribution is 0.0733. The highest BCUT2D eigenvalue weighted by Gasteiger charge is 2.23. The number of aromatic nitrogens is 2. The Labute approximate surface area is 157 Å². The third kappa shape index (κ3) is 3.65. The SMILES string of the molecule is COc1ccc(C=C2CCN(C(=O)c3nc4ccc(O)cc4[nH]3)CC2)cc1. The first-order chi connectivity index (χ1) is 13.1. The van der Waals surface area contributed by atoms with E-state index >= 15 is 0 Å². The van der Waals surface area contributed by atoms with E-state index in [-0.39, 0.29) is 11.7 Å². The molecule has 1 aliphatic heterocycles.